The number of aromatic nitrogens is 2. The summed E-state index contributed by atoms with van der Waals surface area (Å²) in [4.78, 5) is 59.8. The van der Waals surface area contributed by atoms with Crippen LogP contribution in [-0.4, -0.2) is 88.8 Å². The Morgan fingerprint density at radius 3 is 2.66 bits per heavy atom. The summed E-state index contributed by atoms with van der Waals surface area (Å²) in [5.41, 5.74) is 1.53. The number of halogens is 1. The summed E-state index contributed by atoms with van der Waals surface area (Å²) < 4.78 is 39.2. The fourth-order valence-electron chi connectivity index (χ4n) is 8.35. The second-order valence-corrected chi connectivity index (χ2v) is 16.2. The maximum Gasteiger partial charge on any atom is 0.407 e. The van der Waals surface area contributed by atoms with Crippen LogP contribution in [0.1, 0.15) is 106 Å². The van der Waals surface area contributed by atoms with E-state index in [1.165, 1.54) is 6.07 Å². The van der Waals surface area contributed by atoms with Gasteiger partial charge in [0.1, 0.15) is 18.0 Å². The molecule has 1 aliphatic carbocycles. The lowest BCUT2D eigenvalue weighted by Gasteiger charge is -2.31. The molecule has 302 valence electrons. The van der Waals surface area contributed by atoms with Gasteiger partial charge in [-0.25, -0.2) is 19.0 Å². The van der Waals surface area contributed by atoms with Crippen molar-refractivity contribution in [3.63, 3.8) is 0 Å². The zero-order valence-corrected chi connectivity index (χ0v) is 32.8. The fraction of sp³-hybridized carbons (Fsp3) is 0.585. The van der Waals surface area contributed by atoms with Crippen molar-refractivity contribution in [3.05, 3.63) is 61.7 Å². The normalized spacial score (nSPS) is 21.3. The van der Waals surface area contributed by atoms with Crippen molar-refractivity contribution in [2.24, 2.45) is 0 Å². The summed E-state index contributed by atoms with van der Waals surface area (Å²) in [6.07, 6.45) is 3.32. The first kappa shape index (κ1) is 39.8. The van der Waals surface area contributed by atoms with Crippen LogP contribution in [-0.2, 0) is 53.7 Å². The van der Waals surface area contributed by atoms with E-state index in [1.807, 2.05) is 0 Å². The number of benzene rings is 1. The Bertz CT molecular complexity index is 2110. The van der Waals surface area contributed by atoms with Gasteiger partial charge in [-0.3, -0.25) is 14.5 Å². The highest BCUT2D eigenvalue weighted by molar-refractivity contribution is 5.94. The third-order valence-corrected chi connectivity index (χ3v) is 11.3. The molecule has 3 aromatic rings. The molecule has 14 nitrogen and oxygen atoms in total. The predicted octanol–water partition coefficient (Wildman–Crippen LogP) is 4.39. The van der Waals surface area contributed by atoms with Gasteiger partial charge in [-0.2, -0.15) is 0 Å². The maximum atomic E-state index is 15.4. The summed E-state index contributed by atoms with van der Waals surface area (Å²) >= 11 is 0. The predicted molar refractivity (Wildman–Crippen MR) is 203 cm³/mol. The molecule has 4 aliphatic rings. The van der Waals surface area contributed by atoms with Gasteiger partial charge in [-0.1, -0.05) is 6.92 Å². The largest absolute Gasteiger partial charge is 0.458 e. The van der Waals surface area contributed by atoms with Crippen molar-refractivity contribution >= 4 is 28.9 Å². The van der Waals surface area contributed by atoms with Gasteiger partial charge >= 0.3 is 12.1 Å². The molecule has 3 aliphatic heterocycles. The average Bonchev–Trinajstić information content (AvgIpc) is 3.53. The zero-order valence-electron chi connectivity index (χ0n) is 32.8. The Morgan fingerprint density at radius 2 is 1.93 bits per heavy atom. The molecule has 2 amide bonds. The first-order chi connectivity index (χ1) is 26.7. The number of nitrogens with one attached hydrogen (secondary N) is 2. The lowest BCUT2D eigenvalue weighted by molar-refractivity contribution is -0.172. The van der Waals surface area contributed by atoms with E-state index in [4.69, 9.17) is 23.9 Å². The van der Waals surface area contributed by atoms with Crippen LogP contribution in [0.4, 0.5) is 9.18 Å². The molecule has 3 N–H and O–H groups in total. The molecule has 0 spiro atoms. The van der Waals surface area contributed by atoms with Gasteiger partial charge < -0.3 is 39.3 Å². The van der Waals surface area contributed by atoms with Crippen LogP contribution in [0.15, 0.2) is 16.9 Å². The van der Waals surface area contributed by atoms with Crippen molar-refractivity contribution in [2.75, 3.05) is 39.4 Å². The van der Waals surface area contributed by atoms with Gasteiger partial charge in [-0.15, -0.1) is 0 Å². The topological polar surface area (TPSA) is 171 Å². The van der Waals surface area contributed by atoms with Crippen LogP contribution in [0.25, 0.3) is 22.3 Å². The van der Waals surface area contributed by atoms with E-state index in [1.54, 1.807) is 45.3 Å². The minimum Gasteiger partial charge on any atom is -0.458 e. The number of pyridine rings is 2. The standard InChI is InChI=1S/C41H52FN5O9/c1-6-41(52)27-19-31-36-25(21-47(31)37(49)26(27)22-55-38(41)50)35-29(11-10-24-23(2)28(42)20-30(45-36)34(24)35)44-32(48)12-14-46(15-13-43-39(51)56-40(3,4)5)16-18-54-33-9-7-8-17-53-33/h19-20,29,33,52H,6-18,21-22H2,1-5H3,(H,43,51)(H,44,48)/t29?,33?,41-/m0/s1. The molecule has 0 radical (unpaired) electrons. The molecule has 0 saturated carbocycles. The van der Waals surface area contributed by atoms with Crippen LogP contribution in [0.2, 0.25) is 0 Å². The van der Waals surface area contributed by atoms with E-state index in [0.29, 0.717) is 74.7 Å². The van der Waals surface area contributed by atoms with E-state index < -0.39 is 40.7 Å². The Morgan fingerprint density at radius 1 is 1.12 bits per heavy atom. The quantitative estimate of drug-likeness (QED) is 0.175. The lowest BCUT2D eigenvalue weighted by atomic mass is 9.81. The number of rotatable bonds is 12. The monoisotopic (exact) mass is 777 g/mol. The minimum atomic E-state index is -1.99. The minimum absolute atomic E-state index is 0.00652. The number of carbonyl (C=O) groups is 3. The number of aliphatic hydroxyl groups is 1. The molecule has 7 rings (SSSR count). The number of alkyl carbamates (subject to hydrolysis) is 1. The molecule has 56 heavy (non-hydrogen) atoms. The smallest absolute Gasteiger partial charge is 0.407 e. The van der Waals surface area contributed by atoms with Crippen molar-refractivity contribution in [2.45, 2.75) is 116 Å². The highest BCUT2D eigenvalue weighted by Gasteiger charge is 2.46. The molecule has 5 heterocycles. The van der Waals surface area contributed by atoms with E-state index in [9.17, 15) is 24.3 Å². The number of aryl methyl sites for hydroxylation is 1. The molecule has 0 bridgehead atoms. The maximum absolute atomic E-state index is 15.4. The first-order valence-corrected chi connectivity index (χ1v) is 19.7. The van der Waals surface area contributed by atoms with E-state index in [-0.39, 0.29) is 49.3 Å². The van der Waals surface area contributed by atoms with Gasteiger partial charge in [0.15, 0.2) is 11.9 Å². The van der Waals surface area contributed by atoms with Gasteiger partial charge in [0.25, 0.3) is 5.56 Å². The van der Waals surface area contributed by atoms with E-state index >= 15 is 4.39 Å². The number of hydrogen-bond acceptors (Lipinski definition) is 11. The SMILES string of the molecule is CC[C@@]1(O)C(=O)OCc2c1cc1n(c2=O)Cc2c-1nc1cc(F)c(C)c3c1c2C(NC(=O)CCN(CCNC(=O)OC(C)(C)C)CCOC1CCCCO1)CC3. The van der Waals surface area contributed by atoms with Crippen molar-refractivity contribution in [1.29, 1.82) is 0 Å². The van der Waals surface area contributed by atoms with E-state index in [0.717, 1.165) is 41.3 Å². The summed E-state index contributed by atoms with van der Waals surface area (Å²) in [5, 5.41) is 18.2. The van der Waals surface area contributed by atoms with Crippen LogP contribution in [0, 0.1) is 12.7 Å². The number of amides is 2. The second-order valence-electron chi connectivity index (χ2n) is 16.2. The summed E-state index contributed by atoms with van der Waals surface area (Å²) in [5.74, 6) is -1.40. The van der Waals surface area contributed by atoms with Crippen molar-refractivity contribution in [3.8, 4) is 11.4 Å². The number of carbonyl (C=O) groups excluding carboxylic acids is 3. The Hall–Kier alpha value is -4.44. The molecule has 1 fully saturated rings. The zero-order chi connectivity index (χ0) is 39.9. The van der Waals surface area contributed by atoms with Gasteiger partial charge in [0.2, 0.25) is 5.91 Å². The highest BCUT2D eigenvalue weighted by atomic mass is 19.1. The fourth-order valence-corrected chi connectivity index (χ4v) is 8.35. The molecule has 2 aromatic heterocycles. The molecular weight excluding hydrogens is 725 g/mol. The van der Waals surface area contributed by atoms with Crippen LogP contribution >= 0.6 is 0 Å². The number of cyclic esters (lactones) is 1. The van der Waals surface area contributed by atoms with Gasteiger partial charge in [0, 0.05) is 61.8 Å². The molecule has 2 unspecified atom stereocenters. The Labute approximate surface area is 325 Å². The Balaban J connectivity index is 1.13. The number of esters is 1. The number of nitrogens with zero attached hydrogens (tertiary/aromatic N) is 3. The van der Waals surface area contributed by atoms with Gasteiger partial charge in [-0.05, 0) is 89.0 Å². The third kappa shape index (κ3) is 7.78. The van der Waals surface area contributed by atoms with E-state index in [2.05, 4.69) is 15.5 Å². The van der Waals surface area contributed by atoms with Crippen LogP contribution in [0.3, 0.4) is 0 Å². The molecule has 1 saturated heterocycles. The number of fused-ring (bicyclic) bond motifs is 5. The second kappa shape index (κ2) is 15.8. The number of ether oxygens (including phenoxy) is 4. The van der Waals surface area contributed by atoms with Crippen LogP contribution in [0.5, 0.6) is 0 Å². The Kier molecular flexibility index (Phi) is 11.2. The number of hydrogen-bond donors (Lipinski definition) is 3. The van der Waals surface area contributed by atoms with Crippen molar-refractivity contribution < 1.29 is 42.8 Å². The molecule has 3 atom stereocenters. The summed E-state index contributed by atoms with van der Waals surface area (Å²) in [6, 6.07) is 2.58. The summed E-state index contributed by atoms with van der Waals surface area (Å²) in [7, 11) is 0. The summed E-state index contributed by atoms with van der Waals surface area (Å²) in [6.45, 7) is 11.4. The molecule has 1 aromatic carbocycles. The van der Waals surface area contributed by atoms with Crippen molar-refractivity contribution in [1.82, 2.24) is 25.1 Å². The molecular formula is C41H52FN5O9. The third-order valence-electron chi connectivity index (χ3n) is 11.3. The average molecular weight is 778 g/mol. The van der Waals surface area contributed by atoms with Crippen LogP contribution < -0.4 is 16.2 Å². The van der Waals surface area contributed by atoms with Gasteiger partial charge in [0.05, 0.1) is 41.7 Å². The molecule has 15 heteroatoms. The first-order valence-electron chi connectivity index (χ1n) is 19.7. The lowest BCUT2D eigenvalue weighted by Crippen LogP contribution is -2.44. The highest BCUT2D eigenvalue weighted by Crippen LogP contribution is 2.46.